The maximum absolute atomic E-state index is 12.3. The SMILES string of the molecule is CSCc1ccc(C(=O)N(CCCO)C(C)C)o1. The van der Waals surface area contributed by atoms with Crippen LogP contribution in [0.2, 0.25) is 0 Å². The zero-order valence-corrected chi connectivity index (χ0v) is 12.0. The van der Waals surface area contributed by atoms with Crippen molar-refractivity contribution in [3.8, 4) is 0 Å². The standard InChI is InChI=1S/C13H21NO3S/c1-10(2)14(7-4-8-15)13(16)12-6-5-11(17-12)9-18-3/h5-6,10,15H,4,7-9H2,1-3H3. The fraction of sp³-hybridized carbons (Fsp3) is 0.615. The average molecular weight is 271 g/mol. The van der Waals surface area contributed by atoms with Crippen molar-refractivity contribution in [2.45, 2.75) is 32.1 Å². The van der Waals surface area contributed by atoms with Crippen LogP contribution in [0.25, 0.3) is 0 Å². The summed E-state index contributed by atoms with van der Waals surface area (Å²) in [4.78, 5) is 14.0. The first-order valence-corrected chi connectivity index (χ1v) is 7.49. The van der Waals surface area contributed by atoms with Gasteiger partial charge in [-0.05, 0) is 38.7 Å². The second kappa shape index (κ2) is 7.48. The van der Waals surface area contributed by atoms with Crippen LogP contribution in [0.5, 0.6) is 0 Å². The van der Waals surface area contributed by atoms with E-state index >= 15 is 0 Å². The van der Waals surface area contributed by atoms with Crippen LogP contribution >= 0.6 is 11.8 Å². The van der Waals surface area contributed by atoms with Gasteiger partial charge in [0.1, 0.15) is 5.76 Å². The summed E-state index contributed by atoms with van der Waals surface area (Å²) in [5.74, 6) is 1.86. The molecule has 4 nitrogen and oxygen atoms in total. The Morgan fingerprint density at radius 1 is 1.50 bits per heavy atom. The van der Waals surface area contributed by atoms with Crippen molar-refractivity contribution in [1.29, 1.82) is 0 Å². The van der Waals surface area contributed by atoms with E-state index in [9.17, 15) is 4.79 Å². The number of thioether (sulfide) groups is 1. The third-order valence-corrected chi connectivity index (χ3v) is 3.17. The Labute approximate surface area is 112 Å². The highest BCUT2D eigenvalue weighted by atomic mass is 32.2. The summed E-state index contributed by atoms with van der Waals surface area (Å²) in [5, 5.41) is 8.86. The van der Waals surface area contributed by atoms with Crippen molar-refractivity contribution in [3.05, 3.63) is 23.7 Å². The second-order valence-corrected chi connectivity index (χ2v) is 5.23. The van der Waals surface area contributed by atoms with Crippen LogP contribution in [0, 0.1) is 0 Å². The Kier molecular flexibility index (Phi) is 6.29. The molecule has 0 radical (unpaired) electrons. The number of aliphatic hydroxyl groups excluding tert-OH is 1. The van der Waals surface area contributed by atoms with Gasteiger partial charge in [-0.25, -0.2) is 0 Å². The second-order valence-electron chi connectivity index (χ2n) is 4.37. The summed E-state index contributed by atoms with van der Waals surface area (Å²) in [6, 6.07) is 3.66. The zero-order valence-electron chi connectivity index (χ0n) is 11.2. The minimum Gasteiger partial charge on any atom is -0.455 e. The third kappa shape index (κ3) is 4.07. The first kappa shape index (κ1) is 15.1. The van der Waals surface area contributed by atoms with Gasteiger partial charge < -0.3 is 14.4 Å². The molecule has 1 heterocycles. The van der Waals surface area contributed by atoms with Crippen molar-refractivity contribution < 1.29 is 14.3 Å². The highest BCUT2D eigenvalue weighted by Crippen LogP contribution is 2.16. The molecule has 18 heavy (non-hydrogen) atoms. The lowest BCUT2D eigenvalue weighted by Gasteiger charge is -2.25. The normalized spacial score (nSPS) is 10.9. The topological polar surface area (TPSA) is 53.7 Å². The average Bonchev–Trinajstić information content (AvgIpc) is 2.78. The highest BCUT2D eigenvalue weighted by molar-refractivity contribution is 7.97. The Balaban J connectivity index is 2.74. The summed E-state index contributed by atoms with van der Waals surface area (Å²) >= 11 is 1.66. The molecule has 1 rings (SSSR count). The number of carbonyl (C=O) groups excluding carboxylic acids is 1. The van der Waals surface area contributed by atoms with E-state index in [4.69, 9.17) is 9.52 Å². The molecule has 0 aliphatic heterocycles. The Morgan fingerprint density at radius 3 is 2.78 bits per heavy atom. The van der Waals surface area contributed by atoms with Gasteiger partial charge in [-0.2, -0.15) is 11.8 Å². The van der Waals surface area contributed by atoms with Crippen LogP contribution < -0.4 is 0 Å². The Morgan fingerprint density at radius 2 is 2.22 bits per heavy atom. The molecule has 0 atom stereocenters. The molecule has 0 saturated carbocycles. The molecule has 102 valence electrons. The first-order chi connectivity index (χ1) is 8.60. The fourth-order valence-corrected chi connectivity index (χ4v) is 2.13. The van der Waals surface area contributed by atoms with Crippen LogP contribution in [0.4, 0.5) is 0 Å². The maximum Gasteiger partial charge on any atom is 0.289 e. The molecule has 0 aliphatic rings. The van der Waals surface area contributed by atoms with Crippen LogP contribution in [-0.4, -0.2) is 41.4 Å². The number of furan rings is 1. The van der Waals surface area contributed by atoms with Gasteiger partial charge in [0.2, 0.25) is 0 Å². The molecular weight excluding hydrogens is 250 g/mol. The molecule has 1 aromatic heterocycles. The zero-order chi connectivity index (χ0) is 13.5. The van der Waals surface area contributed by atoms with E-state index in [0.717, 1.165) is 11.5 Å². The van der Waals surface area contributed by atoms with E-state index in [1.54, 1.807) is 22.7 Å². The summed E-state index contributed by atoms with van der Waals surface area (Å²) in [7, 11) is 0. The quantitative estimate of drug-likeness (QED) is 0.827. The summed E-state index contributed by atoms with van der Waals surface area (Å²) in [5.41, 5.74) is 0. The predicted molar refractivity (Wildman–Crippen MR) is 73.8 cm³/mol. The van der Waals surface area contributed by atoms with E-state index in [1.807, 2.05) is 26.2 Å². The molecule has 0 aliphatic carbocycles. The van der Waals surface area contributed by atoms with Crippen molar-refractivity contribution in [2.24, 2.45) is 0 Å². The minimum absolute atomic E-state index is 0.0897. The molecule has 1 aromatic rings. The molecule has 0 unspecified atom stereocenters. The van der Waals surface area contributed by atoms with E-state index < -0.39 is 0 Å². The molecule has 1 N–H and O–H groups in total. The predicted octanol–water partition coefficient (Wildman–Crippen LogP) is 2.38. The lowest BCUT2D eigenvalue weighted by atomic mass is 10.2. The lowest BCUT2D eigenvalue weighted by Crippen LogP contribution is -2.37. The summed E-state index contributed by atoms with van der Waals surface area (Å²) in [6.45, 7) is 4.56. The molecular formula is C13H21NO3S. The van der Waals surface area contributed by atoms with Crippen LogP contribution in [0.15, 0.2) is 16.5 Å². The van der Waals surface area contributed by atoms with Crippen LogP contribution in [-0.2, 0) is 5.75 Å². The van der Waals surface area contributed by atoms with Gasteiger partial charge in [0, 0.05) is 19.2 Å². The smallest absolute Gasteiger partial charge is 0.289 e. The number of aliphatic hydroxyl groups is 1. The van der Waals surface area contributed by atoms with Crippen molar-refractivity contribution in [2.75, 3.05) is 19.4 Å². The number of rotatable bonds is 7. The number of hydrogen-bond donors (Lipinski definition) is 1. The Hall–Kier alpha value is -0.940. The number of nitrogens with zero attached hydrogens (tertiary/aromatic N) is 1. The maximum atomic E-state index is 12.3. The van der Waals surface area contributed by atoms with Gasteiger partial charge >= 0.3 is 0 Å². The lowest BCUT2D eigenvalue weighted by molar-refractivity contribution is 0.0659. The summed E-state index contributed by atoms with van der Waals surface area (Å²) < 4.78 is 5.52. The van der Waals surface area contributed by atoms with Crippen molar-refractivity contribution in [3.63, 3.8) is 0 Å². The van der Waals surface area contributed by atoms with Crippen molar-refractivity contribution in [1.82, 2.24) is 4.90 Å². The molecule has 1 amide bonds. The molecule has 0 aromatic carbocycles. The first-order valence-electron chi connectivity index (χ1n) is 6.09. The van der Waals surface area contributed by atoms with Gasteiger partial charge in [-0.3, -0.25) is 4.79 Å². The molecule has 0 spiro atoms. The van der Waals surface area contributed by atoms with Gasteiger partial charge in [0.05, 0.1) is 5.75 Å². The van der Waals surface area contributed by atoms with E-state index in [-0.39, 0.29) is 18.6 Å². The molecule has 5 heteroatoms. The van der Waals surface area contributed by atoms with Gasteiger partial charge in [-0.15, -0.1) is 0 Å². The number of carbonyl (C=O) groups is 1. The minimum atomic E-state index is -0.106. The van der Waals surface area contributed by atoms with Gasteiger partial charge in [-0.1, -0.05) is 0 Å². The Bertz CT molecular complexity index is 376. The number of hydrogen-bond acceptors (Lipinski definition) is 4. The highest BCUT2D eigenvalue weighted by Gasteiger charge is 2.21. The fourth-order valence-electron chi connectivity index (χ4n) is 1.69. The largest absolute Gasteiger partial charge is 0.455 e. The number of amides is 1. The molecule has 0 saturated heterocycles. The van der Waals surface area contributed by atoms with Gasteiger partial charge in [0.15, 0.2) is 5.76 Å². The van der Waals surface area contributed by atoms with Gasteiger partial charge in [0.25, 0.3) is 5.91 Å². The van der Waals surface area contributed by atoms with E-state index in [0.29, 0.717) is 18.7 Å². The van der Waals surface area contributed by atoms with E-state index in [1.165, 1.54) is 0 Å². The van der Waals surface area contributed by atoms with Crippen LogP contribution in [0.1, 0.15) is 36.6 Å². The molecule has 0 bridgehead atoms. The van der Waals surface area contributed by atoms with Crippen molar-refractivity contribution >= 4 is 17.7 Å². The summed E-state index contributed by atoms with van der Waals surface area (Å²) in [6.07, 6.45) is 2.58. The third-order valence-electron chi connectivity index (χ3n) is 2.60. The van der Waals surface area contributed by atoms with Crippen LogP contribution in [0.3, 0.4) is 0 Å². The van der Waals surface area contributed by atoms with E-state index in [2.05, 4.69) is 0 Å². The molecule has 0 fully saturated rings. The monoisotopic (exact) mass is 271 g/mol.